The number of methoxy groups -OCH3 is 2. The van der Waals surface area contributed by atoms with E-state index in [4.69, 9.17) is 14.2 Å². The van der Waals surface area contributed by atoms with Crippen LogP contribution >= 0.6 is 0 Å². The zero-order valence-corrected chi connectivity index (χ0v) is 23.7. The second-order valence-electron chi connectivity index (χ2n) is 12.8. The molecular formula is C31H40N2O8. The molecule has 6 aliphatic rings. The zero-order valence-electron chi connectivity index (χ0n) is 23.7. The largest absolute Gasteiger partial charge is 0.493 e. The number of aliphatic hydroxyl groups is 2. The van der Waals surface area contributed by atoms with Crippen molar-refractivity contribution in [2.45, 2.75) is 62.7 Å². The van der Waals surface area contributed by atoms with Gasteiger partial charge < -0.3 is 34.6 Å². The Labute approximate surface area is 240 Å². The summed E-state index contributed by atoms with van der Waals surface area (Å²) in [6.45, 7) is 0.165. The lowest BCUT2D eigenvalue weighted by Gasteiger charge is -2.58. The number of hydrogen-bond donors (Lipinski definition) is 3. The molecule has 7 rings (SSSR count). The minimum Gasteiger partial charge on any atom is -0.493 e. The van der Waals surface area contributed by atoms with Gasteiger partial charge in [-0.15, -0.1) is 0 Å². The van der Waals surface area contributed by atoms with E-state index in [2.05, 4.69) is 5.32 Å². The third-order valence-electron chi connectivity index (χ3n) is 10.0. The van der Waals surface area contributed by atoms with Gasteiger partial charge in [-0.1, -0.05) is 0 Å². The molecule has 1 aromatic rings. The van der Waals surface area contributed by atoms with Crippen LogP contribution in [0.4, 0.5) is 0 Å². The van der Waals surface area contributed by atoms with Crippen molar-refractivity contribution in [1.29, 1.82) is 0 Å². The first-order valence-corrected chi connectivity index (χ1v) is 14.7. The number of ether oxygens (including phenoxy) is 3. The van der Waals surface area contributed by atoms with Crippen molar-refractivity contribution in [2.75, 3.05) is 40.5 Å². The summed E-state index contributed by atoms with van der Waals surface area (Å²) in [6.07, 6.45) is 7.38. The van der Waals surface area contributed by atoms with Crippen LogP contribution in [-0.4, -0.2) is 92.0 Å². The Hall–Kier alpha value is -2.95. The Morgan fingerprint density at radius 1 is 1.15 bits per heavy atom. The van der Waals surface area contributed by atoms with E-state index in [1.54, 1.807) is 23.1 Å². The first kappa shape index (κ1) is 28.2. The molecule has 4 unspecified atom stereocenters. The fourth-order valence-electron chi connectivity index (χ4n) is 8.97. The Morgan fingerprint density at radius 3 is 2.41 bits per heavy atom. The standard InChI is InChI=1S/C31H40N2O8/c1-39-15-25(36)33(16-31-11-17-5-18(12-31)7-19(6-17)13-31)23-10-22(30(38)32-3-4-34)26-21-8-20(14-35)9-24(40-2)28(21)41-29(26)27(23)37/h8-10,14,17-19,23,26-27,29,34,37H,3-7,11-13,15-16H2,1-2H3,(H,32,38). The number of carbonyl (C=O) groups is 3. The highest BCUT2D eigenvalue weighted by Crippen LogP contribution is 2.60. The molecule has 0 radical (unpaired) electrons. The van der Waals surface area contributed by atoms with Crippen LogP contribution in [0.15, 0.2) is 23.8 Å². The van der Waals surface area contributed by atoms with Crippen LogP contribution in [0.25, 0.3) is 0 Å². The van der Waals surface area contributed by atoms with E-state index >= 15 is 0 Å². The molecule has 0 spiro atoms. The maximum absolute atomic E-state index is 13.7. The number of aliphatic hydroxyl groups excluding tert-OH is 2. The van der Waals surface area contributed by atoms with Crippen LogP contribution in [0.2, 0.25) is 0 Å². The van der Waals surface area contributed by atoms with Crippen LogP contribution in [0.3, 0.4) is 0 Å². The molecule has 5 aliphatic carbocycles. The molecule has 1 heterocycles. The van der Waals surface area contributed by atoms with Gasteiger partial charge in [-0.25, -0.2) is 0 Å². The normalized spacial score (nSPS) is 34.2. The van der Waals surface area contributed by atoms with Crippen LogP contribution in [-0.2, 0) is 14.3 Å². The van der Waals surface area contributed by atoms with Gasteiger partial charge in [-0.3, -0.25) is 14.4 Å². The lowest BCUT2D eigenvalue weighted by molar-refractivity contribution is -0.148. The molecule has 1 aliphatic heterocycles. The highest BCUT2D eigenvalue weighted by Gasteiger charge is 2.55. The molecule has 41 heavy (non-hydrogen) atoms. The van der Waals surface area contributed by atoms with Crippen molar-refractivity contribution in [1.82, 2.24) is 10.2 Å². The minimum absolute atomic E-state index is 0.0105. The number of nitrogens with zero attached hydrogens (tertiary/aromatic N) is 1. The quantitative estimate of drug-likeness (QED) is 0.364. The minimum atomic E-state index is -1.15. The summed E-state index contributed by atoms with van der Waals surface area (Å²) in [5, 5.41) is 24.0. The lowest BCUT2D eigenvalue weighted by atomic mass is 9.49. The van der Waals surface area contributed by atoms with Crippen molar-refractivity contribution < 1.29 is 38.8 Å². The highest BCUT2D eigenvalue weighted by molar-refractivity contribution is 5.96. The van der Waals surface area contributed by atoms with Crippen molar-refractivity contribution >= 4 is 18.1 Å². The van der Waals surface area contributed by atoms with E-state index in [-0.39, 0.29) is 31.1 Å². The van der Waals surface area contributed by atoms with Gasteiger partial charge in [0.25, 0.3) is 0 Å². The summed E-state index contributed by atoms with van der Waals surface area (Å²) in [6, 6.07) is 2.38. The summed E-state index contributed by atoms with van der Waals surface area (Å²) in [4.78, 5) is 40.7. The smallest absolute Gasteiger partial charge is 0.249 e. The molecule has 4 saturated carbocycles. The van der Waals surface area contributed by atoms with Gasteiger partial charge in [0.2, 0.25) is 11.8 Å². The number of rotatable bonds is 10. The maximum atomic E-state index is 13.7. The van der Waals surface area contributed by atoms with E-state index in [0.717, 1.165) is 19.3 Å². The predicted molar refractivity (Wildman–Crippen MR) is 148 cm³/mol. The van der Waals surface area contributed by atoms with Gasteiger partial charge in [0, 0.05) is 36.9 Å². The fourth-order valence-corrected chi connectivity index (χ4v) is 8.97. The Morgan fingerprint density at radius 2 is 1.83 bits per heavy atom. The van der Waals surface area contributed by atoms with Crippen molar-refractivity contribution in [3.63, 3.8) is 0 Å². The molecule has 0 saturated heterocycles. The number of amides is 2. The third-order valence-corrected chi connectivity index (χ3v) is 10.0. The SMILES string of the molecule is COCC(=O)N(CC12CC3CC(CC(C3)C1)C2)C1C=C(C(=O)NCCO)C2c3cc(C=O)cc(OC)c3OC2C1O. The number of carbonyl (C=O) groups excluding carboxylic acids is 3. The van der Waals surface area contributed by atoms with Crippen molar-refractivity contribution in [3.05, 3.63) is 34.9 Å². The number of nitrogens with one attached hydrogen (secondary N) is 1. The number of fused-ring (bicyclic) bond motifs is 3. The molecule has 4 bridgehead atoms. The van der Waals surface area contributed by atoms with E-state index < -0.39 is 30.1 Å². The van der Waals surface area contributed by atoms with Crippen LogP contribution < -0.4 is 14.8 Å². The Balaban J connectivity index is 1.40. The van der Waals surface area contributed by atoms with E-state index in [1.807, 2.05) is 0 Å². The van der Waals surface area contributed by atoms with E-state index in [0.29, 0.717) is 58.8 Å². The summed E-state index contributed by atoms with van der Waals surface area (Å²) in [5.74, 6) is 1.39. The summed E-state index contributed by atoms with van der Waals surface area (Å²) in [5.41, 5.74) is 1.23. The van der Waals surface area contributed by atoms with Gasteiger partial charge in [0.1, 0.15) is 25.1 Å². The second kappa shape index (κ2) is 11.0. The van der Waals surface area contributed by atoms with Gasteiger partial charge in [0.05, 0.1) is 25.7 Å². The maximum Gasteiger partial charge on any atom is 0.249 e. The average Bonchev–Trinajstić information content (AvgIpc) is 3.34. The van der Waals surface area contributed by atoms with Crippen LogP contribution in [0.1, 0.15) is 60.4 Å². The Bertz CT molecular complexity index is 1210. The zero-order chi connectivity index (χ0) is 28.9. The molecule has 4 atom stereocenters. The number of benzene rings is 1. The molecule has 10 heteroatoms. The number of aldehydes is 1. The third kappa shape index (κ3) is 4.93. The predicted octanol–water partition coefficient (Wildman–Crippen LogP) is 1.82. The Kier molecular flexibility index (Phi) is 7.59. The first-order valence-electron chi connectivity index (χ1n) is 14.7. The average molecular weight is 569 g/mol. The lowest BCUT2D eigenvalue weighted by Crippen LogP contribution is -2.60. The highest BCUT2D eigenvalue weighted by atomic mass is 16.5. The van der Waals surface area contributed by atoms with Crippen molar-refractivity contribution in [2.24, 2.45) is 23.2 Å². The molecule has 222 valence electrons. The van der Waals surface area contributed by atoms with Gasteiger partial charge in [-0.05, 0) is 79.9 Å². The molecule has 10 nitrogen and oxygen atoms in total. The van der Waals surface area contributed by atoms with Gasteiger partial charge in [-0.2, -0.15) is 0 Å². The second-order valence-corrected chi connectivity index (χ2v) is 12.8. The fraction of sp³-hybridized carbons (Fsp3) is 0.645. The molecule has 2 amide bonds. The summed E-state index contributed by atoms with van der Waals surface area (Å²) < 4.78 is 17.1. The summed E-state index contributed by atoms with van der Waals surface area (Å²) in [7, 11) is 2.95. The topological polar surface area (TPSA) is 135 Å². The molecule has 4 fully saturated rings. The van der Waals surface area contributed by atoms with Crippen LogP contribution in [0.5, 0.6) is 11.5 Å². The molecule has 0 aromatic heterocycles. The molecule has 3 N–H and O–H groups in total. The molecule has 1 aromatic carbocycles. The van der Waals surface area contributed by atoms with Gasteiger partial charge >= 0.3 is 0 Å². The van der Waals surface area contributed by atoms with E-state index in [1.165, 1.54) is 33.5 Å². The first-order chi connectivity index (χ1) is 19.8. The molecular weight excluding hydrogens is 528 g/mol. The van der Waals surface area contributed by atoms with Crippen molar-refractivity contribution in [3.8, 4) is 11.5 Å². The van der Waals surface area contributed by atoms with Crippen LogP contribution in [0, 0.1) is 23.2 Å². The number of hydrogen-bond acceptors (Lipinski definition) is 8. The van der Waals surface area contributed by atoms with E-state index in [9.17, 15) is 24.6 Å². The van der Waals surface area contributed by atoms with Gasteiger partial charge in [0.15, 0.2) is 11.5 Å². The summed E-state index contributed by atoms with van der Waals surface area (Å²) >= 11 is 0. The monoisotopic (exact) mass is 568 g/mol.